The minimum atomic E-state index is -0.677. The van der Waals surface area contributed by atoms with Gasteiger partial charge in [-0.05, 0) is 25.1 Å². The summed E-state index contributed by atoms with van der Waals surface area (Å²) in [6.45, 7) is 1.91. The summed E-state index contributed by atoms with van der Waals surface area (Å²) in [6, 6.07) is 4.45. The lowest BCUT2D eigenvalue weighted by Gasteiger charge is -2.06. The van der Waals surface area contributed by atoms with Crippen molar-refractivity contribution in [3.05, 3.63) is 33.8 Å². The van der Waals surface area contributed by atoms with Crippen molar-refractivity contribution in [1.29, 1.82) is 0 Å². The molecule has 0 aliphatic rings. The highest BCUT2D eigenvalue weighted by Crippen LogP contribution is 2.21. The number of rotatable bonds is 4. The van der Waals surface area contributed by atoms with Crippen LogP contribution in [0.25, 0.3) is 0 Å². The number of carbonyl (C=O) groups excluding carboxylic acids is 2. The van der Waals surface area contributed by atoms with Crippen LogP contribution in [-0.4, -0.2) is 25.0 Å². The van der Waals surface area contributed by atoms with E-state index in [4.69, 9.17) is 27.9 Å². The van der Waals surface area contributed by atoms with Crippen LogP contribution in [0.1, 0.15) is 17.3 Å². The number of carbonyl (C=O) groups is 2. The number of amides is 1. The van der Waals surface area contributed by atoms with Crippen molar-refractivity contribution >= 4 is 35.1 Å². The second kappa shape index (κ2) is 6.47. The van der Waals surface area contributed by atoms with Crippen LogP contribution in [0.5, 0.6) is 0 Å². The van der Waals surface area contributed by atoms with E-state index < -0.39 is 5.97 Å². The fourth-order valence-corrected chi connectivity index (χ4v) is 1.48. The van der Waals surface area contributed by atoms with Gasteiger partial charge in [0, 0.05) is 11.6 Å². The highest BCUT2D eigenvalue weighted by atomic mass is 35.5. The fraction of sp³-hybridized carbons (Fsp3) is 0.273. The molecule has 6 heteroatoms. The monoisotopic (exact) mass is 275 g/mol. The Morgan fingerprint density at radius 1 is 1.35 bits per heavy atom. The van der Waals surface area contributed by atoms with Crippen molar-refractivity contribution in [2.45, 2.75) is 6.92 Å². The van der Waals surface area contributed by atoms with Gasteiger partial charge in [-0.25, -0.2) is 4.79 Å². The van der Waals surface area contributed by atoms with E-state index in [0.29, 0.717) is 11.6 Å². The zero-order chi connectivity index (χ0) is 12.8. The molecular weight excluding hydrogens is 265 g/mol. The van der Waals surface area contributed by atoms with Crippen molar-refractivity contribution in [2.24, 2.45) is 0 Å². The molecular formula is C11H11Cl2NO3. The summed E-state index contributed by atoms with van der Waals surface area (Å²) in [6.07, 6.45) is 0. The standard InChI is InChI=1S/C11H11Cl2NO3/c1-2-14-10(15)6-17-11(16)8-5-7(12)3-4-9(8)13/h3-5H,2,6H2,1H3,(H,14,15). The molecule has 1 aromatic rings. The third kappa shape index (κ3) is 4.24. The molecule has 0 aliphatic carbocycles. The summed E-state index contributed by atoms with van der Waals surface area (Å²) in [7, 11) is 0. The van der Waals surface area contributed by atoms with Crippen molar-refractivity contribution in [2.75, 3.05) is 13.2 Å². The van der Waals surface area contributed by atoms with E-state index in [2.05, 4.69) is 5.32 Å². The Kier molecular flexibility index (Phi) is 5.25. The van der Waals surface area contributed by atoms with Gasteiger partial charge in [0.15, 0.2) is 6.61 Å². The van der Waals surface area contributed by atoms with Crippen LogP contribution in [0.15, 0.2) is 18.2 Å². The zero-order valence-corrected chi connectivity index (χ0v) is 10.6. The molecule has 0 aliphatic heterocycles. The first-order valence-electron chi connectivity index (χ1n) is 4.93. The van der Waals surface area contributed by atoms with Crippen LogP contribution in [0, 0.1) is 0 Å². The minimum Gasteiger partial charge on any atom is -0.452 e. The van der Waals surface area contributed by atoms with E-state index >= 15 is 0 Å². The minimum absolute atomic E-state index is 0.142. The Bertz CT molecular complexity index is 435. The van der Waals surface area contributed by atoms with Gasteiger partial charge >= 0.3 is 5.97 Å². The molecule has 0 aromatic heterocycles. The van der Waals surface area contributed by atoms with Gasteiger partial charge in [-0.15, -0.1) is 0 Å². The number of hydrogen-bond acceptors (Lipinski definition) is 3. The van der Waals surface area contributed by atoms with Crippen LogP contribution in [0.2, 0.25) is 10.0 Å². The Labute approximate surface area is 109 Å². The third-order valence-corrected chi connectivity index (χ3v) is 2.42. The van der Waals surface area contributed by atoms with Gasteiger partial charge in [0.2, 0.25) is 0 Å². The van der Waals surface area contributed by atoms with E-state index in [1.807, 2.05) is 0 Å². The van der Waals surface area contributed by atoms with E-state index in [1.165, 1.54) is 12.1 Å². The molecule has 17 heavy (non-hydrogen) atoms. The molecule has 1 N–H and O–H groups in total. The van der Waals surface area contributed by atoms with Gasteiger partial charge in [0.1, 0.15) is 0 Å². The number of esters is 1. The maximum atomic E-state index is 11.6. The normalized spacial score (nSPS) is 9.82. The molecule has 0 heterocycles. The topological polar surface area (TPSA) is 55.4 Å². The average Bonchev–Trinajstić information content (AvgIpc) is 2.29. The number of ether oxygens (including phenoxy) is 1. The van der Waals surface area contributed by atoms with E-state index in [1.54, 1.807) is 13.0 Å². The van der Waals surface area contributed by atoms with Gasteiger partial charge < -0.3 is 10.1 Å². The largest absolute Gasteiger partial charge is 0.452 e. The smallest absolute Gasteiger partial charge is 0.340 e. The lowest BCUT2D eigenvalue weighted by atomic mass is 10.2. The number of halogens is 2. The first kappa shape index (κ1) is 13.8. The Morgan fingerprint density at radius 3 is 2.71 bits per heavy atom. The molecule has 1 rings (SSSR count). The summed E-state index contributed by atoms with van der Waals surface area (Å²) in [5.74, 6) is -1.04. The second-order valence-corrected chi connectivity index (χ2v) is 4.00. The van der Waals surface area contributed by atoms with Crippen LogP contribution in [-0.2, 0) is 9.53 Å². The van der Waals surface area contributed by atoms with Crippen LogP contribution in [0.3, 0.4) is 0 Å². The third-order valence-electron chi connectivity index (χ3n) is 1.86. The summed E-state index contributed by atoms with van der Waals surface area (Å²) in [5.41, 5.74) is 0.142. The maximum absolute atomic E-state index is 11.6. The molecule has 0 saturated heterocycles. The molecule has 0 radical (unpaired) electrons. The summed E-state index contributed by atoms with van der Waals surface area (Å²) < 4.78 is 4.78. The fourth-order valence-electron chi connectivity index (χ4n) is 1.11. The molecule has 0 unspecified atom stereocenters. The predicted molar refractivity (Wildman–Crippen MR) is 65.4 cm³/mol. The molecule has 92 valence electrons. The lowest BCUT2D eigenvalue weighted by molar-refractivity contribution is -0.124. The van der Waals surface area contributed by atoms with Gasteiger partial charge in [-0.3, -0.25) is 4.79 Å². The average molecular weight is 276 g/mol. The molecule has 1 amide bonds. The van der Waals surface area contributed by atoms with Gasteiger partial charge in [-0.2, -0.15) is 0 Å². The molecule has 4 nitrogen and oxygen atoms in total. The van der Waals surface area contributed by atoms with Crippen LogP contribution >= 0.6 is 23.2 Å². The Hall–Kier alpha value is -1.26. The first-order chi connectivity index (χ1) is 8.04. The summed E-state index contributed by atoms with van der Waals surface area (Å²) in [4.78, 5) is 22.7. The Morgan fingerprint density at radius 2 is 2.06 bits per heavy atom. The number of hydrogen-bond donors (Lipinski definition) is 1. The summed E-state index contributed by atoms with van der Waals surface area (Å²) in [5, 5.41) is 3.11. The van der Waals surface area contributed by atoms with E-state index in [-0.39, 0.29) is 23.1 Å². The molecule has 0 saturated carbocycles. The molecule has 1 aromatic carbocycles. The first-order valence-corrected chi connectivity index (χ1v) is 5.69. The van der Waals surface area contributed by atoms with Crippen molar-refractivity contribution < 1.29 is 14.3 Å². The van der Waals surface area contributed by atoms with Crippen molar-refractivity contribution in [3.63, 3.8) is 0 Å². The molecule has 0 atom stereocenters. The lowest BCUT2D eigenvalue weighted by Crippen LogP contribution is -2.28. The van der Waals surface area contributed by atoms with Crippen LogP contribution < -0.4 is 5.32 Å². The second-order valence-electron chi connectivity index (χ2n) is 3.15. The van der Waals surface area contributed by atoms with Crippen LogP contribution in [0.4, 0.5) is 0 Å². The molecule has 0 bridgehead atoms. The zero-order valence-electron chi connectivity index (χ0n) is 9.13. The molecule has 0 spiro atoms. The highest BCUT2D eigenvalue weighted by Gasteiger charge is 2.13. The van der Waals surface area contributed by atoms with Gasteiger partial charge in [-0.1, -0.05) is 23.2 Å². The predicted octanol–water partition coefficient (Wildman–Crippen LogP) is 2.29. The number of benzene rings is 1. The highest BCUT2D eigenvalue weighted by molar-refractivity contribution is 6.35. The number of likely N-dealkylation sites (N-methyl/N-ethyl adjacent to an activating group) is 1. The van der Waals surface area contributed by atoms with E-state index in [9.17, 15) is 9.59 Å². The SMILES string of the molecule is CCNC(=O)COC(=O)c1cc(Cl)ccc1Cl. The van der Waals surface area contributed by atoms with Gasteiger partial charge in [0.25, 0.3) is 5.91 Å². The Balaban J connectivity index is 2.64. The van der Waals surface area contributed by atoms with Gasteiger partial charge in [0.05, 0.1) is 10.6 Å². The number of nitrogens with one attached hydrogen (secondary N) is 1. The molecule has 0 fully saturated rings. The van der Waals surface area contributed by atoms with Crippen molar-refractivity contribution in [1.82, 2.24) is 5.32 Å². The quantitative estimate of drug-likeness (QED) is 0.858. The maximum Gasteiger partial charge on any atom is 0.340 e. The summed E-state index contributed by atoms with van der Waals surface area (Å²) >= 11 is 11.5. The van der Waals surface area contributed by atoms with Crippen molar-refractivity contribution in [3.8, 4) is 0 Å². The van der Waals surface area contributed by atoms with E-state index in [0.717, 1.165) is 0 Å².